The molecule has 1 N–H and O–H groups in total. The summed E-state index contributed by atoms with van der Waals surface area (Å²) in [4.78, 5) is 2.56. The normalized spacial score (nSPS) is 19.0. The Bertz CT molecular complexity index is 521. The number of ether oxygens (including phenoxy) is 2. The van der Waals surface area contributed by atoms with E-state index in [4.69, 9.17) is 21.1 Å². The highest BCUT2D eigenvalue weighted by Gasteiger charge is 2.32. The van der Waals surface area contributed by atoms with Gasteiger partial charge in [-0.2, -0.15) is 0 Å². The molecule has 1 aromatic carbocycles. The van der Waals surface area contributed by atoms with Gasteiger partial charge in [0.05, 0.1) is 19.2 Å². The average molecular weight is 398 g/mol. The first kappa shape index (κ1) is 21.7. The Morgan fingerprint density at radius 1 is 1.17 bits per heavy atom. The first-order valence-electron chi connectivity index (χ1n) is 8.09. The molecule has 138 valence electrons. The zero-order valence-corrected chi connectivity index (χ0v) is 16.6. The van der Waals surface area contributed by atoms with Gasteiger partial charge in [0.1, 0.15) is 0 Å². The maximum Gasteiger partial charge on any atom is 0.179 e. The summed E-state index contributed by atoms with van der Waals surface area (Å²) in [6.07, 6.45) is 3.90. The Morgan fingerprint density at radius 2 is 1.83 bits per heavy atom. The van der Waals surface area contributed by atoms with E-state index >= 15 is 0 Å². The average Bonchev–Trinajstić information content (AvgIpc) is 3.37. The molecule has 1 aliphatic carbocycles. The first-order valence-corrected chi connectivity index (χ1v) is 8.47. The standard InChI is InChI=1S/C17H25ClN2O2.2ClH/c1-21-15-6-5-13(16(18)17(15)22-2)14(11-12-3-4-12)20-9-7-19-8-10-20;;/h5-6,12,14,19H,3-4,7-11H2,1-2H3;2*1H/t14-;;/m1../s1. The molecule has 0 aromatic heterocycles. The summed E-state index contributed by atoms with van der Waals surface area (Å²) >= 11 is 6.66. The molecular formula is C17H27Cl3N2O2. The van der Waals surface area contributed by atoms with Crippen molar-refractivity contribution in [1.82, 2.24) is 10.2 Å². The molecular weight excluding hydrogens is 371 g/mol. The molecule has 4 nitrogen and oxygen atoms in total. The second-order valence-electron chi connectivity index (χ2n) is 6.19. The number of hydrogen-bond donors (Lipinski definition) is 1. The number of halogens is 3. The van der Waals surface area contributed by atoms with Crippen LogP contribution in [0, 0.1) is 5.92 Å². The van der Waals surface area contributed by atoms with Crippen LogP contribution in [-0.4, -0.2) is 45.3 Å². The van der Waals surface area contributed by atoms with Gasteiger partial charge in [0.25, 0.3) is 0 Å². The van der Waals surface area contributed by atoms with Crippen LogP contribution in [-0.2, 0) is 0 Å². The molecule has 1 heterocycles. The van der Waals surface area contributed by atoms with Crippen molar-refractivity contribution in [3.63, 3.8) is 0 Å². The van der Waals surface area contributed by atoms with E-state index in [1.54, 1.807) is 14.2 Å². The molecule has 7 heteroatoms. The maximum atomic E-state index is 6.66. The van der Waals surface area contributed by atoms with E-state index in [-0.39, 0.29) is 24.8 Å². The molecule has 0 amide bonds. The van der Waals surface area contributed by atoms with E-state index in [1.807, 2.05) is 6.07 Å². The largest absolute Gasteiger partial charge is 0.493 e. The second kappa shape index (κ2) is 9.93. The monoisotopic (exact) mass is 396 g/mol. The molecule has 2 aliphatic rings. The third-order valence-electron chi connectivity index (χ3n) is 4.72. The van der Waals surface area contributed by atoms with Crippen LogP contribution in [0.5, 0.6) is 11.5 Å². The summed E-state index contributed by atoms with van der Waals surface area (Å²) in [6.45, 7) is 4.24. The van der Waals surface area contributed by atoms with E-state index in [0.29, 0.717) is 22.6 Å². The van der Waals surface area contributed by atoms with Gasteiger partial charge in [-0.05, 0) is 24.0 Å². The molecule has 2 fully saturated rings. The van der Waals surface area contributed by atoms with E-state index in [0.717, 1.165) is 32.1 Å². The number of rotatable bonds is 6. The number of piperazine rings is 1. The van der Waals surface area contributed by atoms with Crippen LogP contribution >= 0.6 is 36.4 Å². The number of hydrogen-bond acceptors (Lipinski definition) is 4. The van der Waals surface area contributed by atoms with Gasteiger partial charge in [0.15, 0.2) is 11.5 Å². The van der Waals surface area contributed by atoms with E-state index < -0.39 is 0 Å². The molecule has 1 aromatic rings. The molecule has 0 radical (unpaired) electrons. The van der Waals surface area contributed by atoms with Gasteiger partial charge in [0, 0.05) is 32.2 Å². The Labute approximate surface area is 162 Å². The zero-order chi connectivity index (χ0) is 15.5. The van der Waals surface area contributed by atoms with Crippen LogP contribution in [0.1, 0.15) is 30.9 Å². The molecule has 1 atom stereocenters. The minimum absolute atomic E-state index is 0. The van der Waals surface area contributed by atoms with Crippen LogP contribution in [0.4, 0.5) is 0 Å². The van der Waals surface area contributed by atoms with E-state index in [2.05, 4.69) is 16.3 Å². The summed E-state index contributed by atoms with van der Waals surface area (Å²) in [7, 11) is 3.29. The van der Waals surface area contributed by atoms with Gasteiger partial charge in [0.2, 0.25) is 0 Å². The third kappa shape index (κ3) is 4.83. The SMILES string of the molecule is COc1ccc([C@@H](CC2CC2)N2CCNCC2)c(Cl)c1OC.Cl.Cl. The Morgan fingerprint density at radius 3 is 2.38 bits per heavy atom. The fourth-order valence-corrected chi connectivity index (χ4v) is 3.66. The summed E-state index contributed by atoms with van der Waals surface area (Å²) in [5.74, 6) is 2.20. The molecule has 1 saturated heterocycles. The predicted octanol–water partition coefficient (Wildman–Crippen LogP) is 3.95. The van der Waals surface area contributed by atoms with Crippen LogP contribution in [0.2, 0.25) is 5.02 Å². The molecule has 0 spiro atoms. The Balaban J connectivity index is 0.00000144. The Hall–Kier alpha value is -0.390. The molecule has 0 bridgehead atoms. The fourth-order valence-electron chi connectivity index (χ4n) is 3.30. The highest BCUT2D eigenvalue weighted by atomic mass is 35.5. The predicted molar refractivity (Wildman–Crippen MR) is 104 cm³/mol. The lowest BCUT2D eigenvalue weighted by molar-refractivity contribution is 0.160. The van der Waals surface area contributed by atoms with Crippen molar-refractivity contribution < 1.29 is 9.47 Å². The van der Waals surface area contributed by atoms with Gasteiger partial charge >= 0.3 is 0 Å². The number of nitrogens with one attached hydrogen (secondary N) is 1. The van der Waals surface area contributed by atoms with Gasteiger partial charge in [-0.15, -0.1) is 24.8 Å². The van der Waals surface area contributed by atoms with Crippen molar-refractivity contribution >= 4 is 36.4 Å². The highest BCUT2D eigenvalue weighted by molar-refractivity contribution is 6.33. The fraction of sp³-hybridized carbons (Fsp3) is 0.647. The van der Waals surface area contributed by atoms with E-state index in [9.17, 15) is 0 Å². The molecule has 1 aliphatic heterocycles. The molecule has 0 unspecified atom stereocenters. The van der Waals surface area contributed by atoms with Crippen LogP contribution in [0.25, 0.3) is 0 Å². The molecule has 3 rings (SSSR count). The lowest BCUT2D eigenvalue weighted by Gasteiger charge is -2.36. The van der Waals surface area contributed by atoms with E-state index in [1.165, 1.54) is 24.8 Å². The summed E-state index contributed by atoms with van der Waals surface area (Å²) < 4.78 is 10.8. The highest BCUT2D eigenvalue weighted by Crippen LogP contribution is 2.45. The number of methoxy groups -OCH3 is 2. The van der Waals surface area contributed by atoms with Crippen molar-refractivity contribution in [1.29, 1.82) is 0 Å². The number of benzene rings is 1. The lowest BCUT2D eigenvalue weighted by atomic mass is 9.98. The van der Waals surface area contributed by atoms with Gasteiger partial charge in [-0.25, -0.2) is 0 Å². The Kier molecular flexibility index (Phi) is 8.96. The minimum atomic E-state index is 0. The van der Waals surface area contributed by atoms with Crippen molar-refractivity contribution in [2.24, 2.45) is 5.92 Å². The quantitative estimate of drug-likeness (QED) is 0.788. The van der Waals surface area contributed by atoms with Gasteiger partial charge in [-0.1, -0.05) is 30.5 Å². The number of nitrogens with zero attached hydrogens (tertiary/aromatic N) is 1. The smallest absolute Gasteiger partial charge is 0.179 e. The molecule has 24 heavy (non-hydrogen) atoms. The van der Waals surface area contributed by atoms with Crippen LogP contribution in [0.15, 0.2) is 12.1 Å². The zero-order valence-electron chi connectivity index (χ0n) is 14.2. The maximum absolute atomic E-state index is 6.66. The third-order valence-corrected chi connectivity index (χ3v) is 5.11. The van der Waals surface area contributed by atoms with Gasteiger partial charge < -0.3 is 14.8 Å². The second-order valence-corrected chi connectivity index (χ2v) is 6.56. The lowest BCUT2D eigenvalue weighted by Crippen LogP contribution is -2.45. The van der Waals surface area contributed by atoms with Gasteiger partial charge in [-0.3, -0.25) is 4.90 Å². The molecule has 1 saturated carbocycles. The van der Waals surface area contributed by atoms with Crippen molar-refractivity contribution in [3.8, 4) is 11.5 Å². The topological polar surface area (TPSA) is 33.7 Å². The summed E-state index contributed by atoms with van der Waals surface area (Å²) in [5.41, 5.74) is 1.17. The van der Waals surface area contributed by atoms with Crippen molar-refractivity contribution in [2.45, 2.75) is 25.3 Å². The van der Waals surface area contributed by atoms with Crippen LogP contribution < -0.4 is 14.8 Å². The summed E-state index contributed by atoms with van der Waals surface area (Å²) in [5, 5.41) is 4.13. The van der Waals surface area contributed by atoms with Crippen LogP contribution in [0.3, 0.4) is 0 Å². The van der Waals surface area contributed by atoms with Crippen molar-refractivity contribution in [2.75, 3.05) is 40.4 Å². The summed E-state index contributed by atoms with van der Waals surface area (Å²) in [6, 6.07) is 4.46. The van der Waals surface area contributed by atoms with Crippen molar-refractivity contribution in [3.05, 3.63) is 22.7 Å². The minimum Gasteiger partial charge on any atom is -0.493 e. The first-order chi connectivity index (χ1) is 10.7.